The van der Waals surface area contributed by atoms with E-state index in [1.165, 1.54) is 56.7 Å². The molecule has 23 heavy (non-hydrogen) atoms. The van der Waals surface area contributed by atoms with Gasteiger partial charge in [0.1, 0.15) is 0 Å². The number of aromatic nitrogens is 1. The van der Waals surface area contributed by atoms with Crippen LogP contribution in [0.2, 0.25) is 0 Å². The summed E-state index contributed by atoms with van der Waals surface area (Å²) < 4.78 is 5.20. The van der Waals surface area contributed by atoms with Gasteiger partial charge in [0.15, 0.2) is 0 Å². The molecular formula is C19H25N3O. The van der Waals surface area contributed by atoms with E-state index >= 15 is 0 Å². The molecule has 4 nitrogen and oxygen atoms in total. The molecule has 2 aliphatic rings. The molecule has 0 bridgehead atoms. The summed E-state index contributed by atoms with van der Waals surface area (Å²) >= 11 is 0. The van der Waals surface area contributed by atoms with Crippen LogP contribution >= 0.6 is 0 Å². The van der Waals surface area contributed by atoms with Crippen molar-refractivity contribution in [2.45, 2.75) is 32.4 Å². The van der Waals surface area contributed by atoms with Gasteiger partial charge in [0.25, 0.3) is 0 Å². The summed E-state index contributed by atoms with van der Waals surface area (Å²) in [6, 6.07) is 8.30. The third-order valence-corrected chi connectivity index (χ3v) is 5.36. The number of furan rings is 1. The summed E-state index contributed by atoms with van der Waals surface area (Å²) in [4.78, 5) is 9.69. The Morgan fingerprint density at radius 3 is 2.74 bits per heavy atom. The Labute approximate surface area is 138 Å². The van der Waals surface area contributed by atoms with E-state index in [1.807, 2.05) is 18.5 Å². The van der Waals surface area contributed by atoms with Crippen LogP contribution in [0.15, 0.2) is 47.4 Å². The van der Waals surface area contributed by atoms with Gasteiger partial charge in [0, 0.05) is 37.9 Å². The molecule has 0 N–H and O–H groups in total. The molecule has 0 amide bonds. The molecule has 4 heteroatoms. The Kier molecular flexibility index (Phi) is 4.19. The first-order valence-electron chi connectivity index (χ1n) is 8.67. The zero-order chi connectivity index (χ0) is 15.5. The van der Waals surface area contributed by atoms with E-state index < -0.39 is 0 Å². The highest BCUT2D eigenvalue weighted by Crippen LogP contribution is 2.39. The first-order chi connectivity index (χ1) is 11.3. The van der Waals surface area contributed by atoms with Crippen molar-refractivity contribution in [1.82, 2.24) is 14.8 Å². The van der Waals surface area contributed by atoms with E-state index in [9.17, 15) is 0 Å². The lowest BCUT2D eigenvalue weighted by Crippen LogP contribution is -2.44. The summed E-state index contributed by atoms with van der Waals surface area (Å²) in [5.41, 5.74) is 2.97. The van der Waals surface area contributed by atoms with Crippen LogP contribution in [0.4, 0.5) is 0 Å². The normalized spacial score (nSPS) is 26.1. The van der Waals surface area contributed by atoms with Gasteiger partial charge in [-0.05, 0) is 56.0 Å². The molecule has 0 unspecified atom stereocenters. The van der Waals surface area contributed by atoms with E-state index in [0.717, 1.165) is 13.1 Å². The van der Waals surface area contributed by atoms with Crippen molar-refractivity contribution < 1.29 is 4.42 Å². The van der Waals surface area contributed by atoms with Crippen molar-refractivity contribution in [1.29, 1.82) is 0 Å². The fourth-order valence-corrected chi connectivity index (χ4v) is 4.30. The van der Waals surface area contributed by atoms with Gasteiger partial charge in [0.05, 0.1) is 18.2 Å². The average Bonchev–Trinajstić information content (AvgIpc) is 3.20. The van der Waals surface area contributed by atoms with Crippen molar-refractivity contribution in [3.8, 4) is 0 Å². The second-order valence-corrected chi connectivity index (χ2v) is 7.23. The number of likely N-dealkylation sites (tertiary alicyclic amines) is 2. The van der Waals surface area contributed by atoms with Crippen LogP contribution in [0.25, 0.3) is 0 Å². The molecule has 4 rings (SSSR count). The predicted molar refractivity (Wildman–Crippen MR) is 89.8 cm³/mol. The molecule has 1 spiro atoms. The monoisotopic (exact) mass is 311 g/mol. The van der Waals surface area contributed by atoms with Gasteiger partial charge in [-0.25, -0.2) is 0 Å². The Hall–Kier alpha value is -1.65. The maximum Gasteiger partial charge on any atom is 0.0947 e. The topological polar surface area (TPSA) is 32.5 Å². The van der Waals surface area contributed by atoms with Crippen molar-refractivity contribution >= 4 is 0 Å². The molecule has 1 atom stereocenters. The summed E-state index contributed by atoms with van der Waals surface area (Å²) in [7, 11) is 0. The molecular weight excluding hydrogens is 286 g/mol. The predicted octanol–water partition coefficient (Wildman–Crippen LogP) is 3.16. The summed E-state index contributed by atoms with van der Waals surface area (Å²) in [5.74, 6) is 0. The molecule has 2 saturated heterocycles. The van der Waals surface area contributed by atoms with Crippen LogP contribution in [0.1, 0.15) is 30.5 Å². The second kappa shape index (κ2) is 6.46. The zero-order valence-corrected chi connectivity index (χ0v) is 13.7. The average molecular weight is 311 g/mol. The van der Waals surface area contributed by atoms with Crippen molar-refractivity contribution in [3.63, 3.8) is 0 Å². The first kappa shape index (κ1) is 14.9. The van der Waals surface area contributed by atoms with Gasteiger partial charge in [-0.15, -0.1) is 0 Å². The molecule has 4 heterocycles. The van der Waals surface area contributed by atoms with Gasteiger partial charge in [-0.2, -0.15) is 0 Å². The fraction of sp³-hybridized carbons (Fsp3) is 0.526. The van der Waals surface area contributed by atoms with E-state index in [1.54, 1.807) is 6.26 Å². The molecule has 2 aromatic heterocycles. The van der Waals surface area contributed by atoms with Crippen molar-refractivity contribution in [3.05, 3.63) is 54.2 Å². The van der Waals surface area contributed by atoms with Crippen LogP contribution < -0.4 is 0 Å². The molecule has 0 saturated carbocycles. The highest BCUT2D eigenvalue weighted by atomic mass is 16.3. The van der Waals surface area contributed by atoms with Crippen LogP contribution in [-0.4, -0.2) is 41.0 Å². The standard InChI is InChI=1S/C19H25N3O/c1-2-8-20-18(4-1)13-21-9-3-6-19(15-21)7-10-22(16-19)12-17-5-11-23-14-17/h1-2,4-5,8,11,14H,3,6-7,9-10,12-13,15-16H2/t19-/m0/s1. The van der Waals surface area contributed by atoms with Gasteiger partial charge in [-0.3, -0.25) is 14.8 Å². The van der Waals surface area contributed by atoms with Gasteiger partial charge < -0.3 is 4.42 Å². The molecule has 122 valence electrons. The van der Waals surface area contributed by atoms with E-state index in [-0.39, 0.29) is 0 Å². The largest absolute Gasteiger partial charge is 0.472 e. The minimum atomic E-state index is 0.483. The minimum absolute atomic E-state index is 0.483. The van der Waals surface area contributed by atoms with Gasteiger partial charge >= 0.3 is 0 Å². The number of pyridine rings is 1. The quantitative estimate of drug-likeness (QED) is 0.868. The van der Waals surface area contributed by atoms with Crippen LogP contribution in [0, 0.1) is 5.41 Å². The maximum absolute atomic E-state index is 5.20. The number of hydrogen-bond acceptors (Lipinski definition) is 4. The smallest absolute Gasteiger partial charge is 0.0947 e. The molecule has 2 aromatic rings. The lowest BCUT2D eigenvalue weighted by molar-refractivity contribution is 0.0857. The number of hydrogen-bond donors (Lipinski definition) is 0. The van der Waals surface area contributed by atoms with Gasteiger partial charge in [-0.1, -0.05) is 6.07 Å². The molecule has 2 aliphatic heterocycles. The molecule has 2 fully saturated rings. The second-order valence-electron chi connectivity index (χ2n) is 7.23. The minimum Gasteiger partial charge on any atom is -0.472 e. The summed E-state index contributed by atoms with van der Waals surface area (Å²) in [6.45, 7) is 6.87. The third kappa shape index (κ3) is 3.48. The Balaban J connectivity index is 1.37. The number of nitrogens with zero attached hydrogens (tertiary/aromatic N) is 3. The van der Waals surface area contributed by atoms with Crippen LogP contribution in [0.3, 0.4) is 0 Å². The summed E-state index contributed by atoms with van der Waals surface area (Å²) in [5, 5.41) is 0. The number of rotatable bonds is 4. The fourth-order valence-electron chi connectivity index (χ4n) is 4.30. The van der Waals surface area contributed by atoms with Crippen LogP contribution in [0.5, 0.6) is 0 Å². The van der Waals surface area contributed by atoms with E-state index in [4.69, 9.17) is 4.42 Å². The molecule has 0 aromatic carbocycles. The lowest BCUT2D eigenvalue weighted by atomic mass is 9.79. The highest BCUT2D eigenvalue weighted by Gasteiger charge is 2.41. The first-order valence-corrected chi connectivity index (χ1v) is 8.67. The highest BCUT2D eigenvalue weighted by molar-refractivity contribution is 5.07. The SMILES string of the molecule is c1ccc(CN2CCC[C@]3(CCN(Cc4ccoc4)C3)C2)nc1. The van der Waals surface area contributed by atoms with Crippen LogP contribution in [-0.2, 0) is 13.1 Å². The maximum atomic E-state index is 5.20. The Morgan fingerprint density at radius 2 is 1.96 bits per heavy atom. The third-order valence-electron chi connectivity index (χ3n) is 5.36. The Bertz CT molecular complexity index is 613. The van der Waals surface area contributed by atoms with Gasteiger partial charge in [0.2, 0.25) is 0 Å². The van der Waals surface area contributed by atoms with Crippen molar-refractivity contribution in [2.75, 3.05) is 26.2 Å². The molecule has 0 radical (unpaired) electrons. The Morgan fingerprint density at radius 1 is 1.04 bits per heavy atom. The number of piperidine rings is 1. The lowest BCUT2D eigenvalue weighted by Gasteiger charge is -2.40. The van der Waals surface area contributed by atoms with Crippen molar-refractivity contribution in [2.24, 2.45) is 5.41 Å². The summed E-state index contributed by atoms with van der Waals surface area (Å²) in [6.07, 6.45) is 9.55. The molecule has 0 aliphatic carbocycles. The van der Waals surface area contributed by atoms with E-state index in [2.05, 4.69) is 33.0 Å². The van der Waals surface area contributed by atoms with E-state index in [0.29, 0.717) is 5.41 Å². The zero-order valence-electron chi connectivity index (χ0n) is 13.7.